The number of ether oxygens (including phenoxy) is 1. The largest absolute Gasteiger partial charge is 0.497 e. The van der Waals surface area contributed by atoms with Gasteiger partial charge >= 0.3 is 0 Å². The minimum absolute atomic E-state index is 0.135. The monoisotopic (exact) mass is 324 g/mol. The molecule has 4 heteroatoms. The molecule has 1 atom stereocenters. The lowest BCUT2D eigenvalue weighted by molar-refractivity contribution is -0.125. The van der Waals surface area contributed by atoms with Crippen LogP contribution in [0.2, 0.25) is 0 Å². The minimum atomic E-state index is -0.135. The maximum absolute atomic E-state index is 12.9. The maximum atomic E-state index is 12.9. The number of hydrogen-bond acceptors (Lipinski definition) is 3. The van der Waals surface area contributed by atoms with Gasteiger partial charge in [-0.05, 0) is 43.2 Å². The average molecular weight is 324 g/mol. The maximum Gasteiger partial charge on any atom is 0.244 e. The van der Waals surface area contributed by atoms with Crippen LogP contribution in [0.1, 0.15) is 18.1 Å². The number of benzene rings is 2. The predicted molar refractivity (Wildman–Crippen MR) is 96.4 cm³/mol. The Morgan fingerprint density at radius 3 is 2.67 bits per heavy atom. The molecule has 0 aromatic heterocycles. The summed E-state index contributed by atoms with van der Waals surface area (Å²) in [6.07, 6.45) is 0. The summed E-state index contributed by atoms with van der Waals surface area (Å²) in [6, 6.07) is 16.0. The van der Waals surface area contributed by atoms with Gasteiger partial charge in [0.2, 0.25) is 5.91 Å². The van der Waals surface area contributed by atoms with Gasteiger partial charge < -0.3 is 9.64 Å². The van der Waals surface area contributed by atoms with Crippen molar-refractivity contribution in [1.29, 1.82) is 0 Å². The second kappa shape index (κ2) is 7.05. The molecule has 2 aromatic rings. The minimum Gasteiger partial charge on any atom is -0.497 e. The summed E-state index contributed by atoms with van der Waals surface area (Å²) < 4.78 is 5.29. The quantitative estimate of drug-likeness (QED) is 0.865. The van der Waals surface area contributed by atoms with Gasteiger partial charge in [-0.15, -0.1) is 0 Å². The Labute approximate surface area is 143 Å². The van der Waals surface area contributed by atoms with Crippen LogP contribution in [0.25, 0.3) is 0 Å². The molecule has 1 heterocycles. The first-order valence-electron chi connectivity index (χ1n) is 8.34. The molecule has 1 saturated heterocycles. The van der Waals surface area contributed by atoms with Crippen LogP contribution < -0.4 is 9.64 Å². The van der Waals surface area contributed by atoms with Crippen molar-refractivity contribution in [3.05, 3.63) is 59.7 Å². The summed E-state index contributed by atoms with van der Waals surface area (Å²) in [4.78, 5) is 17.0. The Morgan fingerprint density at radius 2 is 1.92 bits per heavy atom. The Morgan fingerprint density at radius 1 is 1.12 bits per heavy atom. The average Bonchev–Trinajstić information content (AvgIpc) is 2.60. The van der Waals surface area contributed by atoms with E-state index in [2.05, 4.69) is 24.0 Å². The highest BCUT2D eigenvalue weighted by atomic mass is 16.5. The lowest BCUT2D eigenvalue weighted by Gasteiger charge is -2.39. The summed E-state index contributed by atoms with van der Waals surface area (Å²) in [5, 5.41) is 0. The molecule has 1 amide bonds. The van der Waals surface area contributed by atoms with E-state index in [9.17, 15) is 4.79 Å². The topological polar surface area (TPSA) is 32.8 Å². The molecule has 2 aromatic carbocycles. The number of para-hydroxylation sites is 1. The van der Waals surface area contributed by atoms with Crippen molar-refractivity contribution >= 4 is 11.6 Å². The van der Waals surface area contributed by atoms with Crippen molar-refractivity contribution in [3.63, 3.8) is 0 Å². The Bertz CT molecular complexity index is 729. The number of carbonyl (C=O) groups excluding carboxylic acids is 1. The number of piperazine rings is 1. The zero-order valence-corrected chi connectivity index (χ0v) is 14.5. The zero-order chi connectivity index (χ0) is 17.1. The second-order valence-electron chi connectivity index (χ2n) is 6.27. The van der Waals surface area contributed by atoms with Gasteiger partial charge in [-0.1, -0.05) is 30.3 Å². The fourth-order valence-electron chi connectivity index (χ4n) is 3.24. The van der Waals surface area contributed by atoms with E-state index in [4.69, 9.17) is 4.74 Å². The lowest BCUT2D eigenvalue weighted by Crippen LogP contribution is -2.55. The van der Waals surface area contributed by atoms with Crippen LogP contribution >= 0.6 is 0 Å². The second-order valence-corrected chi connectivity index (χ2v) is 6.27. The van der Waals surface area contributed by atoms with Crippen LogP contribution in [0.4, 0.5) is 5.69 Å². The van der Waals surface area contributed by atoms with Crippen LogP contribution in [-0.2, 0) is 11.3 Å². The first kappa shape index (κ1) is 16.5. The molecule has 0 N–H and O–H groups in total. The Hall–Kier alpha value is -2.33. The molecule has 0 saturated carbocycles. The SMILES string of the molecule is COc1cccc(CN2CCN(c3ccccc3C)C(=O)[C@@H]2C)c1. The third-order valence-corrected chi connectivity index (χ3v) is 4.71. The van der Waals surface area contributed by atoms with Crippen LogP contribution in [0.15, 0.2) is 48.5 Å². The van der Waals surface area contributed by atoms with Crippen molar-refractivity contribution in [2.24, 2.45) is 0 Å². The molecule has 0 unspecified atom stereocenters. The number of aryl methyl sites for hydroxylation is 1. The molecule has 1 fully saturated rings. The number of hydrogen-bond donors (Lipinski definition) is 0. The van der Waals surface area contributed by atoms with Gasteiger partial charge in [-0.3, -0.25) is 9.69 Å². The molecule has 1 aliphatic rings. The van der Waals surface area contributed by atoms with Gasteiger partial charge in [0.05, 0.1) is 13.2 Å². The van der Waals surface area contributed by atoms with Gasteiger partial charge in [0.1, 0.15) is 5.75 Å². The standard InChI is InChI=1S/C20H24N2O2/c1-15-7-4-5-10-19(15)22-12-11-21(16(2)20(22)23)14-17-8-6-9-18(13-17)24-3/h4-10,13,16H,11-12,14H2,1-3H3/t16-/m0/s1. The van der Waals surface area contributed by atoms with Crippen molar-refractivity contribution in [3.8, 4) is 5.75 Å². The highest BCUT2D eigenvalue weighted by molar-refractivity contribution is 5.98. The first-order chi connectivity index (χ1) is 11.6. The summed E-state index contributed by atoms with van der Waals surface area (Å²) in [7, 11) is 1.67. The van der Waals surface area contributed by atoms with E-state index in [1.54, 1.807) is 7.11 Å². The normalized spacial score (nSPS) is 18.7. The van der Waals surface area contributed by atoms with Crippen molar-refractivity contribution in [2.45, 2.75) is 26.4 Å². The molecular formula is C20H24N2O2. The van der Waals surface area contributed by atoms with Gasteiger partial charge in [0.15, 0.2) is 0 Å². The number of amides is 1. The molecule has 24 heavy (non-hydrogen) atoms. The van der Waals surface area contributed by atoms with Crippen LogP contribution in [0.5, 0.6) is 5.75 Å². The highest BCUT2D eigenvalue weighted by Gasteiger charge is 2.32. The molecule has 0 bridgehead atoms. The molecule has 1 aliphatic heterocycles. The van der Waals surface area contributed by atoms with E-state index in [1.807, 2.05) is 48.2 Å². The zero-order valence-electron chi connectivity index (χ0n) is 14.5. The van der Waals surface area contributed by atoms with Crippen molar-refractivity contribution in [1.82, 2.24) is 4.90 Å². The summed E-state index contributed by atoms with van der Waals surface area (Å²) in [5.74, 6) is 1.02. The number of methoxy groups -OCH3 is 1. The fourth-order valence-corrected chi connectivity index (χ4v) is 3.24. The lowest BCUT2D eigenvalue weighted by atomic mass is 10.1. The van der Waals surface area contributed by atoms with Gasteiger partial charge in [0.25, 0.3) is 0 Å². The van der Waals surface area contributed by atoms with Crippen molar-refractivity contribution < 1.29 is 9.53 Å². The molecule has 4 nitrogen and oxygen atoms in total. The molecule has 0 radical (unpaired) electrons. The number of rotatable bonds is 4. The molecule has 3 rings (SSSR count). The molecule has 126 valence electrons. The van der Waals surface area contributed by atoms with E-state index >= 15 is 0 Å². The third-order valence-electron chi connectivity index (χ3n) is 4.71. The Balaban J connectivity index is 1.74. The number of anilines is 1. The molecule has 0 spiro atoms. The summed E-state index contributed by atoms with van der Waals surface area (Å²) in [5.41, 5.74) is 3.33. The van der Waals surface area contributed by atoms with Gasteiger partial charge in [-0.2, -0.15) is 0 Å². The fraction of sp³-hybridized carbons (Fsp3) is 0.350. The smallest absolute Gasteiger partial charge is 0.244 e. The number of nitrogens with zero attached hydrogens (tertiary/aromatic N) is 2. The molecular weight excluding hydrogens is 300 g/mol. The van der Waals surface area contributed by atoms with E-state index in [0.29, 0.717) is 0 Å². The van der Waals surface area contributed by atoms with Crippen LogP contribution in [0, 0.1) is 6.92 Å². The van der Waals surface area contributed by atoms with E-state index in [-0.39, 0.29) is 11.9 Å². The highest BCUT2D eigenvalue weighted by Crippen LogP contribution is 2.25. The van der Waals surface area contributed by atoms with E-state index in [0.717, 1.165) is 36.6 Å². The predicted octanol–water partition coefficient (Wildman–Crippen LogP) is 3.24. The summed E-state index contributed by atoms with van der Waals surface area (Å²) in [6.45, 7) is 6.38. The third kappa shape index (κ3) is 3.29. The van der Waals surface area contributed by atoms with Crippen molar-refractivity contribution in [2.75, 3.05) is 25.1 Å². The Kier molecular flexibility index (Phi) is 4.86. The first-order valence-corrected chi connectivity index (χ1v) is 8.34. The van der Waals surface area contributed by atoms with Crippen LogP contribution in [0.3, 0.4) is 0 Å². The number of carbonyl (C=O) groups is 1. The van der Waals surface area contributed by atoms with E-state index < -0.39 is 0 Å². The van der Waals surface area contributed by atoms with E-state index in [1.165, 1.54) is 5.56 Å². The van der Waals surface area contributed by atoms with Gasteiger partial charge in [-0.25, -0.2) is 0 Å². The summed E-state index contributed by atoms with van der Waals surface area (Å²) >= 11 is 0. The van der Waals surface area contributed by atoms with Gasteiger partial charge in [0, 0.05) is 25.3 Å². The molecule has 0 aliphatic carbocycles. The van der Waals surface area contributed by atoms with Crippen LogP contribution in [-0.4, -0.2) is 37.0 Å².